The Labute approximate surface area is 286 Å². The van der Waals surface area contributed by atoms with Crippen molar-refractivity contribution in [2.45, 2.75) is 74.7 Å². The first-order chi connectivity index (χ1) is 21.9. The fraction of sp³-hybridized carbons (Fsp3) is 0.333. The van der Waals surface area contributed by atoms with Gasteiger partial charge in [0.15, 0.2) is 0 Å². The summed E-state index contributed by atoms with van der Waals surface area (Å²) in [6.07, 6.45) is 7.07. The Morgan fingerprint density at radius 1 is 0.587 bits per heavy atom. The van der Waals surface area contributed by atoms with Gasteiger partial charge in [0.25, 0.3) is 0 Å². The van der Waals surface area contributed by atoms with Gasteiger partial charge in [0.05, 0.1) is 0 Å². The maximum atomic E-state index is 8.71. The first-order valence-electron chi connectivity index (χ1n) is 17.3. The summed E-state index contributed by atoms with van der Waals surface area (Å²) in [4.78, 5) is 0. The predicted molar refractivity (Wildman–Crippen MR) is 204 cm³/mol. The van der Waals surface area contributed by atoms with Crippen LogP contribution < -0.4 is 0 Å². The van der Waals surface area contributed by atoms with E-state index in [9.17, 15) is 0 Å². The van der Waals surface area contributed by atoms with Gasteiger partial charge in [-0.3, -0.25) is 0 Å². The van der Waals surface area contributed by atoms with Crippen LogP contribution in [-0.2, 0) is 28.4 Å². The second-order valence-electron chi connectivity index (χ2n) is 14.6. The molecule has 0 aliphatic heterocycles. The van der Waals surface area contributed by atoms with Crippen LogP contribution in [0.4, 0.5) is 0 Å². The Morgan fingerprint density at radius 3 is 1.26 bits per heavy atom. The number of hydrogen-bond donors (Lipinski definition) is 0. The molecule has 4 aromatic rings. The number of aryl methyl sites for hydroxylation is 2. The second-order valence-corrected chi connectivity index (χ2v) is 57.1. The molecule has 0 aromatic heterocycles. The third kappa shape index (κ3) is 5.44. The summed E-state index contributed by atoms with van der Waals surface area (Å²) in [5, 5.41) is 0. The van der Waals surface area contributed by atoms with Gasteiger partial charge in [0, 0.05) is 0 Å². The Bertz CT molecular complexity index is 1700. The van der Waals surface area contributed by atoms with Gasteiger partial charge in [-0.1, -0.05) is 0 Å². The molecule has 4 heteroatoms. The number of allylic oxidation sites excluding steroid dienone is 2. The predicted octanol–water partition coefficient (Wildman–Crippen LogP) is 13.0. The molecular weight excluding hydrogens is 695 g/mol. The zero-order valence-electron chi connectivity index (χ0n) is 28.8. The van der Waals surface area contributed by atoms with Gasteiger partial charge >= 0.3 is 289 Å². The molecule has 0 bridgehead atoms. The number of benzene rings is 4. The van der Waals surface area contributed by atoms with Crippen molar-refractivity contribution in [3.8, 4) is 22.3 Å². The van der Waals surface area contributed by atoms with Crippen LogP contribution in [0.25, 0.3) is 34.4 Å². The molecule has 0 N–H and O–H groups in total. The van der Waals surface area contributed by atoms with Gasteiger partial charge < -0.3 is 0 Å². The van der Waals surface area contributed by atoms with Crippen molar-refractivity contribution in [2.24, 2.45) is 11.8 Å². The zero-order valence-corrected chi connectivity index (χ0v) is 33.9. The molecule has 0 saturated heterocycles. The molecule has 2 unspecified atom stereocenters. The number of hydrogen-bond acceptors (Lipinski definition) is 0. The Kier molecular flexibility index (Phi) is 9.45. The summed E-state index contributed by atoms with van der Waals surface area (Å²) >= 11 is -4.86. The van der Waals surface area contributed by atoms with E-state index >= 15 is 0 Å². The van der Waals surface area contributed by atoms with Crippen molar-refractivity contribution in [3.63, 3.8) is 0 Å². The molecule has 2 aliphatic carbocycles. The van der Waals surface area contributed by atoms with Gasteiger partial charge in [-0.15, -0.1) is 0 Å². The van der Waals surface area contributed by atoms with E-state index in [4.69, 9.17) is 17.0 Å². The minimum atomic E-state index is -4.86. The van der Waals surface area contributed by atoms with E-state index in [-0.39, 0.29) is 7.25 Å². The Hall–Kier alpha value is -1.96. The molecule has 6 rings (SSSR count). The van der Waals surface area contributed by atoms with Crippen LogP contribution >= 0.6 is 17.0 Å². The third-order valence-electron chi connectivity index (χ3n) is 11.1. The van der Waals surface area contributed by atoms with E-state index in [0.29, 0.717) is 11.8 Å². The van der Waals surface area contributed by atoms with Crippen LogP contribution in [0.3, 0.4) is 0 Å². The quantitative estimate of drug-likeness (QED) is 0.150. The Morgan fingerprint density at radius 2 is 0.957 bits per heavy atom. The molecule has 0 saturated carbocycles. The molecule has 0 nitrogen and oxygen atoms in total. The van der Waals surface area contributed by atoms with Crippen LogP contribution in [0.1, 0.15) is 82.2 Å². The monoisotopic (exact) mass is 741 g/mol. The molecule has 4 aromatic carbocycles. The summed E-state index contributed by atoms with van der Waals surface area (Å²) in [6, 6.07) is 32.0. The molecule has 2 aliphatic rings. The van der Waals surface area contributed by atoms with Crippen LogP contribution in [0.15, 0.2) is 96.1 Å². The number of halogens is 2. The summed E-state index contributed by atoms with van der Waals surface area (Å²) in [6.45, 7) is 18.7. The fourth-order valence-corrected chi connectivity index (χ4v) is 39.7. The maximum absolute atomic E-state index is 8.71. The SMILES string of the molecule is CCc1ccc(-c2cccc3c2C=C(C(C)C)[CH]3[Zr]([Cl])([Cl])([CH]2C(C(C)C)=Cc3c(-c4ccc(CC)cc4)cccc32)[SiH](C)C)cc1. The molecule has 0 spiro atoms. The molecule has 0 amide bonds. The van der Waals surface area contributed by atoms with Crippen molar-refractivity contribution >= 4 is 35.1 Å². The standard InChI is InChI=1S/2C20H21.C2H7Si.2ClH.Zr/c2*1-4-15-8-10-16(11-9-15)19-7-5-6-17-12-18(14(2)3)13-20(17)19;1-3-2;;;/h2*5-14H,4H2,1-3H3;3H,1-2H3;2*1H;/q;;;;;+2/p-2. The first kappa shape index (κ1) is 33.9. The van der Waals surface area contributed by atoms with Gasteiger partial charge in [-0.2, -0.15) is 0 Å². The molecule has 0 heterocycles. The molecular formula is C42H49Cl2SiZr. The van der Waals surface area contributed by atoms with Crippen molar-refractivity contribution in [1.82, 2.24) is 0 Å². The van der Waals surface area contributed by atoms with Crippen molar-refractivity contribution in [3.05, 3.63) is 129 Å². The van der Waals surface area contributed by atoms with E-state index in [1.165, 1.54) is 66.8 Å². The summed E-state index contributed by atoms with van der Waals surface area (Å²) < 4.78 is 0.179. The second kappa shape index (κ2) is 12.8. The van der Waals surface area contributed by atoms with Crippen LogP contribution in [0.2, 0.25) is 13.1 Å². The summed E-state index contributed by atoms with van der Waals surface area (Å²) in [5.74, 6) is -0.944. The van der Waals surface area contributed by atoms with Gasteiger partial charge in [0.1, 0.15) is 0 Å². The normalized spacial score (nSPS) is 18.4. The van der Waals surface area contributed by atoms with Crippen LogP contribution in [-0.4, -0.2) is 5.92 Å². The van der Waals surface area contributed by atoms with Crippen molar-refractivity contribution in [1.29, 1.82) is 0 Å². The van der Waals surface area contributed by atoms with E-state index in [0.717, 1.165) is 12.8 Å². The van der Waals surface area contributed by atoms with Gasteiger partial charge in [0.2, 0.25) is 0 Å². The molecule has 2 atom stereocenters. The topological polar surface area (TPSA) is 0 Å². The van der Waals surface area contributed by atoms with E-state index in [1.54, 1.807) is 0 Å². The summed E-state index contributed by atoms with van der Waals surface area (Å²) in [7, 11) is 17.4. The third-order valence-corrected chi connectivity index (χ3v) is 62.7. The van der Waals surface area contributed by atoms with Crippen molar-refractivity contribution in [2.75, 3.05) is 0 Å². The number of rotatable bonds is 9. The van der Waals surface area contributed by atoms with Crippen molar-refractivity contribution < 1.29 is 15.6 Å². The average Bonchev–Trinajstić information content (AvgIpc) is 3.66. The molecule has 0 radical (unpaired) electrons. The molecule has 46 heavy (non-hydrogen) atoms. The van der Waals surface area contributed by atoms with E-state index in [1.807, 2.05) is 0 Å². The minimum absolute atomic E-state index is 0.0897. The van der Waals surface area contributed by atoms with E-state index < -0.39 is 21.5 Å². The van der Waals surface area contributed by atoms with Crippen LogP contribution in [0, 0.1) is 11.8 Å². The first-order valence-corrected chi connectivity index (χ1v) is 33.7. The molecule has 0 fully saturated rings. The molecule has 239 valence electrons. The fourth-order valence-electron chi connectivity index (χ4n) is 8.26. The Balaban J connectivity index is 1.58. The average molecular weight is 744 g/mol. The summed E-state index contributed by atoms with van der Waals surface area (Å²) in [5.41, 5.74) is 16.1. The van der Waals surface area contributed by atoms with Gasteiger partial charge in [-0.25, -0.2) is 0 Å². The van der Waals surface area contributed by atoms with Gasteiger partial charge in [-0.05, 0) is 0 Å². The van der Waals surface area contributed by atoms with Crippen LogP contribution in [0.5, 0.6) is 0 Å². The number of fused-ring (bicyclic) bond motifs is 2. The van der Waals surface area contributed by atoms with E-state index in [2.05, 4.69) is 152 Å². The zero-order chi connectivity index (χ0) is 33.0.